The number of nitrogens with two attached hydrogens (primary N) is 1. The van der Waals surface area contributed by atoms with E-state index in [0.29, 0.717) is 17.9 Å². The Balaban J connectivity index is 3.38. The average Bonchev–Trinajstić information content (AvgIpc) is 2.24. The van der Waals surface area contributed by atoms with E-state index < -0.39 is 9.84 Å². The Bertz CT molecular complexity index is 492. The first-order valence-corrected chi connectivity index (χ1v) is 6.63. The molecule has 0 saturated heterocycles. The highest BCUT2D eigenvalue weighted by atomic mass is 32.2. The second-order valence-corrected chi connectivity index (χ2v) is 5.27. The lowest BCUT2D eigenvalue weighted by molar-refractivity contribution is 0.402. The van der Waals surface area contributed by atoms with Crippen LogP contribution in [0.5, 0.6) is 5.75 Å². The monoisotopic (exact) mass is 241 g/mol. The number of hydrogen-bond donors (Lipinski definition) is 1. The van der Waals surface area contributed by atoms with E-state index in [1.807, 2.05) is 0 Å². The summed E-state index contributed by atoms with van der Waals surface area (Å²) in [5.41, 5.74) is 6.05. The quantitative estimate of drug-likeness (QED) is 0.856. The third-order valence-corrected chi connectivity index (χ3v) is 3.17. The SMILES string of the molecule is COc1c(/C=C/CN)cccc1S(C)(=O)=O. The van der Waals surface area contributed by atoms with Gasteiger partial charge in [-0.25, -0.2) is 8.42 Å². The fourth-order valence-corrected chi connectivity index (χ4v) is 2.23. The van der Waals surface area contributed by atoms with Crippen LogP contribution in [0.4, 0.5) is 0 Å². The summed E-state index contributed by atoms with van der Waals surface area (Å²) in [4.78, 5) is 0.189. The van der Waals surface area contributed by atoms with Gasteiger partial charge in [-0.15, -0.1) is 0 Å². The van der Waals surface area contributed by atoms with Gasteiger partial charge in [-0.2, -0.15) is 0 Å². The summed E-state index contributed by atoms with van der Waals surface area (Å²) in [6.45, 7) is 0.395. The first-order chi connectivity index (χ1) is 7.50. The Labute approximate surface area is 95.6 Å². The molecule has 0 fully saturated rings. The van der Waals surface area contributed by atoms with Gasteiger partial charge in [0.1, 0.15) is 10.6 Å². The number of ether oxygens (including phenoxy) is 1. The van der Waals surface area contributed by atoms with Crippen molar-refractivity contribution in [3.05, 3.63) is 29.8 Å². The molecule has 16 heavy (non-hydrogen) atoms. The van der Waals surface area contributed by atoms with Crippen LogP contribution in [-0.4, -0.2) is 28.3 Å². The third kappa shape index (κ3) is 2.84. The maximum absolute atomic E-state index is 11.5. The minimum absolute atomic E-state index is 0.189. The minimum Gasteiger partial charge on any atom is -0.495 e. The first-order valence-electron chi connectivity index (χ1n) is 4.74. The van der Waals surface area contributed by atoms with Gasteiger partial charge in [0.05, 0.1) is 7.11 Å². The molecule has 0 atom stereocenters. The molecule has 0 unspecified atom stereocenters. The maximum atomic E-state index is 11.5. The van der Waals surface area contributed by atoms with Crippen LogP contribution in [0, 0.1) is 0 Å². The predicted molar refractivity (Wildman–Crippen MR) is 64.2 cm³/mol. The molecule has 0 saturated carbocycles. The molecule has 0 bridgehead atoms. The van der Waals surface area contributed by atoms with E-state index in [2.05, 4.69) is 0 Å². The van der Waals surface area contributed by atoms with Crippen LogP contribution in [-0.2, 0) is 9.84 Å². The molecule has 0 aromatic heterocycles. The van der Waals surface area contributed by atoms with Crippen molar-refractivity contribution in [2.24, 2.45) is 5.73 Å². The molecule has 1 aromatic rings. The fourth-order valence-electron chi connectivity index (χ4n) is 1.37. The van der Waals surface area contributed by atoms with E-state index in [-0.39, 0.29) is 4.90 Å². The van der Waals surface area contributed by atoms with E-state index in [9.17, 15) is 8.42 Å². The van der Waals surface area contributed by atoms with Crippen molar-refractivity contribution in [3.63, 3.8) is 0 Å². The van der Waals surface area contributed by atoms with Gasteiger partial charge < -0.3 is 10.5 Å². The molecule has 1 rings (SSSR count). The van der Waals surface area contributed by atoms with Crippen molar-refractivity contribution < 1.29 is 13.2 Å². The molecular formula is C11H15NO3S. The highest BCUT2D eigenvalue weighted by molar-refractivity contribution is 7.90. The van der Waals surface area contributed by atoms with Gasteiger partial charge in [-0.1, -0.05) is 24.3 Å². The summed E-state index contributed by atoms with van der Waals surface area (Å²) < 4.78 is 28.1. The van der Waals surface area contributed by atoms with Crippen LogP contribution in [0.25, 0.3) is 6.08 Å². The van der Waals surface area contributed by atoms with Crippen molar-refractivity contribution in [1.82, 2.24) is 0 Å². The van der Waals surface area contributed by atoms with Gasteiger partial charge in [-0.05, 0) is 6.07 Å². The van der Waals surface area contributed by atoms with Gasteiger partial charge in [0.15, 0.2) is 9.84 Å². The third-order valence-electron chi connectivity index (χ3n) is 2.05. The van der Waals surface area contributed by atoms with Gasteiger partial charge >= 0.3 is 0 Å². The van der Waals surface area contributed by atoms with Gasteiger partial charge in [0.25, 0.3) is 0 Å². The zero-order valence-corrected chi connectivity index (χ0v) is 10.1. The van der Waals surface area contributed by atoms with Gasteiger partial charge in [0, 0.05) is 18.4 Å². The van der Waals surface area contributed by atoms with Crippen LogP contribution in [0.1, 0.15) is 5.56 Å². The van der Waals surface area contributed by atoms with Crippen LogP contribution in [0.3, 0.4) is 0 Å². The Kier molecular flexibility index (Phi) is 4.09. The molecule has 4 nitrogen and oxygen atoms in total. The molecule has 1 aromatic carbocycles. The molecular weight excluding hydrogens is 226 g/mol. The van der Waals surface area contributed by atoms with E-state index in [1.165, 1.54) is 13.2 Å². The highest BCUT2D eigenvalue weighted by Gasteiger charge is 2.15. The lowest BCUT2D eigenvalue weighted by Crippen LogP contribution is -2.02. The summed E-state index contributed by atoms with van der Waals surface area (Å²) in [7, 11) is -1.84. The molecule has 0 spiro atoms. The Morgan fingerprint density at radius 3 is 2.62 bits per heavy atom. The van der Waals surface area contributed by atoms with Gasteiger partial charge in [-0.3, -0.25) is 0 Å². The standard InChI is InChI=1S/C11H15NO3S/c1-15-11-9(6-4-8-12)5-3-7-10(11)16(2,13)14/h3-7H,8,12H2,1-2H3/b6-4+. The minimum atomic E-state index is -3.28. The van der Waals surface area contributed by atoms with Crippen molar-refractivity contribution in [2.45, 2.75) is 4.90 Å². The molecule has 0 aliphatic carbocycles. The topological polar surface area (TPSA) is 69.4 Å². The molecule has 0 heterocycles. The smallest absolute Gasteiger partial charge is 0.179 e. The summed E-state index contributed by atoms with van der Waals surface area (Å²) in [5, 5.41) is 0. The van der Waals surface area contributed by atoms with Crippen molar-refractivity contribution in [2.75, 3.05) is 19.9 Å². The largest absolute Gasteiger partial charge is 0.495 e. The Hall–Kier alpha value is -1.33. The fraction of sp³-hybridized carbons (Fsp3) is 0.273. The molecule has 88 valence electrons. The normalized spacial score (nSPS) is 11.9. The number of rotatable bonds is 4. The molecule has 2 N–H and O–H groups in total. The number of hydrogen-bond acceptors (Lipinski definition) is 4. The van der Waals surface area contributed by atoms with Crippen LogP contribution < -0.4 is 10.5 Å². The predicted octanol–water partition coefficient (Wildman–Crippen LogP) is 1.07. The summed E-state index contributed by atoms with van der Waals surface area (Å²) in [5.74, 6) is 0.356. The van der Waals surface area contributed by atoms with E-state index in [4.69, 9.17) is 10.5 Å². The lowest BCUT2D eigenvalue weighted by atomic mass is 10.2. The average molecular weight is 241 g/mol. The van der Waals surface area contributed by atoms with E-state index in [0.717, 1.165) is 6.26 Å². The lowest BCUT2D eigenvalue weighted by Gasteiger charge is -2.09. The summed E-state index contributed by atoms with van der Waals surface area (Å²) >= 11 is 0. The number of benzene rings is 1. The molecule has 5 heteroatoms. The van der Waals surface area contributed by atoms with Crippen LogP contribution in [0.15, 0.2) is 29.2 Å². The van der Waals surface area contributed by atoms with E-state index >= 15 is 0 Å². The molecule has 0 radical (unpaired) electrons. The first kappa shape index (κ1) is 12.7. The number of para-hydroxylation sites is 1. The molecule has 0 amide bonds. The van der Waals surface area contributed by atoms with Gasteiger partial charge in [0.2, 0.25) is 0 Å². The summed E-state index contributed by atoms with van der Waals surface area (Å²) in [6.07, 6.45) is 4.64. The maximum Gasteiger partial charge on any atom is 0.179 e. The zero-order valence-electron chi connectivity index (χ0n) is 9.30. The van der Waals surface area contributed by atoms with Crippen molar-refractivity contribution in [1.29, 1.82) is 0 Å². The Morgan fingerprint density at radius 1 is 1.44 bits per heavy atom. The van der Waals surface area contributed by atoms with Crippen LogP contribution >= 0.6 is 0 Å². The molecule has 0 aliphatic rings. The van der Waals surface area contributed by atoms with E-state index in [1.54, 1.807) is 24.3 Å². The highest BCUT2D eigenvalue weighted by Crippen LogP contribution is 2.28. The number of methoxy groups -OCH3 is 1. The Morgan fingerprint density at radius 2 is 2.12 bits per heavy atom. The van der Waals surface area contributed by atoms with Crippen molar-refractivity contribution >= 4 is 15.9 Å². The number of sulfone groups is 1. The summed E-state index contributed by atoms with van der Waals surface area (Å²) in [6, 6.07) is 4.97. The van der Waals surface area contributed by atoms with Crippen molar-refractivity contribution in [3.8, 4) is 5.75 Å². The second-order valence-electron chi connectivity index (χ2n) is 3.29. The molecule has 0 aliphatic heterocycles. The zero-order chi connectivity index (χ0) is 12.2. The van der Waals surface area contributed by atoms with Crippen LogP contribution in [0.2, 0.25) is 0 Å². The second kappa shape index (κ2) is 5.14.